The van der Waals surface area contributed by atoms with Crippen molar-refractivity contribution in [3.63, 3.8) is 0 Å². The third kappa shape index (κ3) is 3.83. The minimum absolute atomic E-state index is 0.0835. The van der Waals surface area contributed by atoms with Crippen molar-refractivity contribution in [2.24, 2.45) is 0 Å². The van der Waals surface area contributed by atoms with Gasteiger partial charge in [0.25, 0.3) is 0 Å². The number of nitrogens with zero attached hydrogens (tertiary/aromatic N) is 1. The Morgan fingerprint density at radius 1 is 1.29 bits per heavy atom. The van der Waals surface area contributed by atoms with E-state index in [9.17, 15) is 13.2 Å². The van der Waals surface area contributed by atoms with Gasteiger partial charge >= 0.3 is 0 Å². The molecule has 1 saturated heterocycles. The van der Waals surface area contributed by atoms with Crippen LogP contribution in [0.15, 0.2) is 29.2 Å². The second kappa shape index (κ2) is 6.58. The standard InChI is InChI=1S/C15H22N2O3S/c1-3-5-12(2)16-21(19,20)14-9-7-13(8-10-14)17-11-4-6-15(17)18/h7-10,12,16H,3-6,11H2,1-2H3/t12-/m1/s1. The number of anilines is 1. The van der Waals surface area contributed by atoms with Gasteiger partial charge in [0, 0.05) is 24.7 Å². The Balaban J connectivity index is 2.12. The Morgan fingerprint density at radius 2 is 1.95 bits per heavy atom. The number of amides is 1. The Morgan fingerprint density at radius 3 is 2.48 bits per heavy atom. The van der Waals surface area contributed by atoms with E-state index in [0.717, 1.165) is 24.9 Å². The van der Waals surface area contributed by atoms with E-state index in [0.29, 0.717) is 13.0 Å². The van der Waals surface area contributed by atoms with Crippen LogP contribution >= 0.6 is 0 Å². The monoisotopic (exact) mass is 310 g/mol. The molecule has 1 amide bonds. The first-order valence-electron chi connectivity index (χ1n) is 7.37. The van der Waals surface area contributed by atoms with Gasteiger partial charge < -0.3 is 4.90 Å². The number of rotatable bonds is 6. The summed E-state index contributed by atoms with van der Waals surface area (Å²) in [5, 5.41) is 0. The number of hydrogen-bond acceptors (Lipinski definition) is 3. The second-order valence-corrected chi connectivity index (χ2v) is 7.17. The van der Waals surface area contributed by atoms with Crippen molar-refractivity contribution in [2.75, 3.05) is 11.4 Å². The first-order valence-corrected chi connectivity index (χ1v) is 8.85. The molecule has 2 rings (SSSR count). The number of hydrogen-bond donors (Lipinski definition) is 1. The zero-order valence-electron chi connectivity index (χ0n) is 12.5. The molecule has 21 heavy (non-hydrogen) atoms. The predicted molar refractivity (Wildman–Crippen MR) is 82.7 cm³/mol. The summed E-state index contributed by atoms with van der Waals surface area (Å²) in [6, 6.07) is 6.42. The van der Waals surface area contributed by atoms with Crippen LogP contribution in [0.2, 0.25) is 0 Å². The quantitative estimate of drug-likeness (QED) is 0.876. The van der Waals surface area contributed by atoms with Crippen LogP contribution in [0.1, 0.15) is 39.5 Å². The summed E-state index contributed by atoms with van der Waals surface area (Å²) >= 11 is 0. The van der Waals surface area contributed by atoms with Gasteiger partial charge in [-0.3, -0.25) is 4.79 Å². The molecule has 0 bridgehead atoms. The predicted octanol–water partition coefficient (Wildman–Crippen LogP) is 2.28. The highest BCUT2D eigenvalue weighted by molar-refractivity contribution is 7.89. The fourth-order valence-corrected chi connectivity index (χ4v) is 3.83. The molecule has 0 radical (unpaired) electrons. The first-order chi connectivity index (χ1) is 9.94. The summed E-state index contributed by atoms with van der Waals surface area (Å²) in [5.41, 5.74) is 0.762. The highest BCUT2D eigenvalue weighted by Crippen LogP contribution is 2.23. The van der Waals surface area contributed by atoms with Crippen LogP contribution in [0.3, 0.4) is 0 Å². The first kappa shape index (κ1) is 16.0. The summed E-state index contributed by atoms with van der Waals surface area (Å²) in [6.45, 7) is 4.59. The van der Waals surface area contributed by atoms with Gasteiger partial charge in [-0.25, -0.2) is 13.1 Å². The van der Waals surface area contributed by atoms with Crippen molar-refractivity contribution in [3.05, 3.63) is 24.3 Å². The van der Waals surface area contributed by atoms with Crippen LogP contribution < -0.4 is 9.62 Å². The molecule has 1 N–H and O–H groups in total. The molecule has 1 heterocycles. The van der Waals surface area contributed by atoms with E-state index in [2.05, 4.69) is 4.72 Å². The van der Waals surface area contributed by atoms with E-state index in [-0.39, 0.29) is 16.8 Å². The summed E-state index contributed by atoms with van der Waals surface area (Å²) in [4.78, 5) is 13.6. The maximum Gasteiger partial charge on any atom is 0.240 e. The fraction of sp³-hybridized carbons (Fsp3) is 0.533. The Labute approximate surface area is 126 Å². The van der Waals surface area contributed by atoms with E-state index >= 15 is 0 Å². The van der Waals surface area contributed by atoms with Gasteiger partial charge in [-0.1, -0.05) is 13.3 Å². The minimum Gasteiger partial charge on any atom is -0.312 e. The van der Waals surface area contributed by atoms with Gasteiger partial charge in [0.2, 0.25) is 15.9 Å². The molecule has 0 aromatic heterocycles. The smallest absolute Gasteiger partial charge is 0.240 e. The lowest BCUT2D eigenvalue weighted by molar-refractivity contribution is -0.117. The molecule has 5 nitrogen and oxygen atoms in total. The topological polar surface area (TPSA) is 66.5 Å². The SMILES string of the molecule is CCC[C@@H](C)NS(=O)(=O)c1ccc(N2CCCC2=O)cc1. The van der Waals surface area contributed by atoms with E-state index in [4.69, 9.17) is 0 Å². The molecular weight excluding hydrogens is 288 g/mol. The summed E-state index contributed by atoms with van der Waals surface area (Å²) in [5.74, 6) is 0.0975. The summed E-state index contributed by atoms with van der Waals surface area (Å²) < 4.78 is 27.1. The van der Waals surface area contributed by atoms with Crippen molar-refractivity contribution in [1.29, 1.82) is 0 Å². The molecule has 1 aliphatic rings. The average Bonchev–Trinajstić information content (AvgIpc) is 2.85. The number of carbonyl (C=O) groups is 1. The molecule has 1 atom stereocenters. The van der Waals surface area contributed by atoms with Gasteiger partial charge in [-0.05, 0) is 44.0 Å². The molecular formula is C15H22N2O3S. The van der Waals surface area contributed by atoms with Crippen LogP contribution in [0.5, 0.6) is 0 Å². The highest BCUT2D eigenvalue weighted by atomic mass is 32.2. The van der Waals surface area contributed by atoms with Crippen molar-refractivity contribution >= 4 is 21.6 Å². The van der Waals surface area contributed by atoms with Gasteiger partial charge in [0.15, 0.2) is 0 Å². The van der Waals surface area contributed by atoms with Gasteiger partial charge in [0.1, 0.15) is 0 Å². The highest BCUT2D eigenvalue weighted by Gasteiger charge is 2.22. The van der Waals surface area contributed by atoms with Crippen molar-refractivity contribution in [2.45, 2.75) is 50.5 Å². The number of sulfonamides is 1. The van der Waals surface area contributed by atoms with Gasteiger partial charge in [-0.15, -0.1) is 0 Å². The molecule has 0 saturated carbocycles. The maximum atomic E-state index is 12.2. The lowest BCUT2D eigenvalue weighted by Crippen LogP contribution is -2.32. The molecule has 1 aliphatic heterocycles. The van der Waals surface area contributed by atoms with Gasteiger partial charge in [0.05, 0.1) is 4.90 Å². The van der Waals surface area contributed by atoms with Crippen molar-refractivity contribution in [1.82, 2.24) is 4.72 Å². The average molecular weight is 310 g/mol. The Kier molecular flexibility index (Phi) is 5.00. The zero-order valence-corrected chi connectivity index (χ0v) is 13.3. The zero-order chi connectivity index (χ0) is 15.5. The summed E-state index contributed by atoms with van der Waals surface area (Å²) in [7, 11) is -3.49. The van der Waals surface area contributed by atoms with Gasteiger partial charge in [-0.2, -0.15) is 0 Å². The lowest BCUT2D eigenvalue weighted by atomic mass is 10.2. The molecule has 116 valence electrons. The largest absolute Gasteiger partial charge is 0.312 e. The third-order valence-corrected chi connectivity index (χ3v) is 5.22. The molecule has 1 fully saturated rings. The van der Waals surface area contributed by atoms with Crippen LogP contribution in [0.4, 0.5) is 5.69 Å². The number of benzene rings is 1. The molecule has 6 heteroatoms. The number of carbonyl (C=O) groups excluding carboxylic acids is 1. The molecule has 0 aliphatic carbocycles. The lowest BCUT2D eigenvalue weighted by Gasteiger charge is -2.17. The Bertz CT molecular complexity index is 596. The molecule has 0 spiro atoms. The van der Waals surface area contributed by atoms with E-state index in [1.54, 1.807) is 29.2 Å². The summed E-state index contributed by atoms with van der Waals surface area (Å²) in [6.07, 6.45) is 3.16. The molecule has 0 unspecified atom stereocenters. The van der Waals surface area contributed by atoms with Crippen LogP contribution in [-0.2, 0) is 14.8 Å². The van der Waals surface area contributed by atoms with Crippen LogP contribution in [-0.4, -0.2) is 26.9 Å². The number of nitrogens with one attached hydrogen (secondary N) is 1. The van der Waals surface area contributed by atoms with Crippen molar-refractivity contribution in [3.8, 4) is 0 Å². The van der Waals surface area contributed by atoms with Crippen LogP contribution in [0.25, 0.3) is 0 Å². The van der Waals surface area contributed by atoms with E-state index < -0.39 is 10.0 Å². The normalized spacial score (nSPS) is 17.2. The van der Waals surface area contributed by atoms with E-state index in [1.165, 1.54) is 0 Å². The minimum atomic E-state index is -3.49. The Hall–Kier alpha value is -1.40. The van der Waals surface area contributed by atoms with Crippen molar-refractivity contribution < 1.29 is 13.2 Å². The third-order valence-electron chi connectivity index (χ3n) is 3.61. The maximum absolute atomic E-state index is 12.2. The molecule has 1 aromatic rings. The molecule has 1 aromatic carbocycles. The van der Waals surface area contributed by atoms with E-state index in [1.807, 2.05) is 13.8 Å². The second-order valence-electron chi connectivity index (χ2n) is 5.45. The fourth-order valence-electron chi connectivity index (χ4n) is 2.55. The van der Waals surface area contributed by atoms with Crippen LogP contribution in [0, 0.1) is 0 Å².